The van der Waals surface area contributed by atoms with Gasteiger partial charge in [-0.1, -0.05) is 35.5 Å². The number of nitrogens with one attached hydrogen (secondary N) is 1. The van der Waals surface area contributed by atoms with Crippen LogP contribution in [0.2, 0.25) is 0 Å². The van der Waals surface area contributed by atoms with Crippen molar-refractivity contribution in [3.63, 3.8) is 0 Å². The van der Waals surface area contributed by atoms with Gasteiger partial charge in [0.15, 0.2) is 11.8 Å². The minimum Gasteiger partial charge on any atom is -0.389 e. The number of piperidine rings is 1. The molecule has 4 rings (SSSR count). The molecule has 3 heterocycles. The first-order chi connectivity index (χ1) is 12.7. The zero-order chi connectivity index (χ0) is 18.0. The summed E-state index contributed by atoms with van der Waals surface area (Å²) in [5, 5.41) is 9.83. The summed E-state index contributed by atoms with van der Waals surface area (Å²) < 4.78 is 20.7. The molecule has 0 radical (unpaired) electrons. The van der Waals surface area contributed by atoms with Crippen molar-refractivity contribution in [3.8, 4) is 0 Å². The van der Waals surface area contributed by atoms with E-state index in [0.717, 1.165) is 11.3 Å². The summed E-state index contributed by atoms with van der Waals surface area (Å²) in [5.41, 5.74) is 1.19. The lowest BCUT2D eigenvalue weighted by molar-refractivity contribution is -0.0412. The Balaban J connectivity index is 1.47. The fourth-order valence-electron chi connectivity index (χ4n) is 3.50. The van der Waals surface area contributed by atoms with E-state index in [2.05, 4.69) is 15.5 Å². The van der Waals surface area contributed by atoms with Gasteiger partial charge in [-0.15, -0.1) is 11.3 Å². The Hall–Kier alpha value is -1.83. The van der Waals surface area contributed by atoms with Crippen LogP contribution in [0.3, 0.4) is 0 Å². The van der Waals surface area contributed by atoms with E-state index in [1.165, 1.54) is 11.3 Å². The van der Waals surface area contributed by atoms with E-state index in [-0.39, 0.29) is 12.2 Å². The van der Waals surface area contributed by atoms with Gasteiger partial charge in [0, 0.05) is 31.8 Å². The van der Waals surface area contributed by atoms with E-state index >= 15 is 4.39 Å². The van der Waals surface area contributed by atoms with Gasteiger partial charge in [-0.05, 0) is 18.7 Å². The Labute approximate surface area is 156 Å². The van der Waals surface area contributed by atoms with Crippen LogP contribution < -0.4 is 5.32 Å². The van der Waals surface area contributed by atoms with Gasteiger partial charge in [-0.3, -0.25) is 0 Å². The molecule has 2 aliphatic rings. The van der Waals surface area contributed by atoms with Crippen LogP contribution in [-0.2, 0) is 15.2 Å². The summed E-state index contributed by atoms with van der Waals surface area (Å²) in [6.07, 6.45) is 1.11. The van der Waals surface area contributed by atoms with Crippen molar-refractivity contribution in [1.82, 2.24) is 10.3 Å². The van der Waals surface area contributed by atoms with Crippen LogP contribution in [-0.4, -0.2) is 37.0 Å². The molecule has 0 spiro atoms. The molecule has 7 heteroatoms. The Bertz CT molecular complexity index is 774. The smallest absolute Gasteiger partial charge is 0.164 e. The first-order valence-corrected chi connectivity index (χ1v) is 9.74. The SMILES string of the molecule is COC(c1ccccc1)C1CC(c2csc(C3(F)CCNCC3)n2)=NO1. The number of hydrogen-bond donors (Lipinski definition) is 1. The molecule has 2 aromatic rings. The lowest BCUT2D eigenvalue weighted by Gasteiger charge is -2.27. The van der Waals surface area contributed by atoms with Gasteiger partial charge in [-0.25, -0.2) is 9.37 Å². The van der Waals surface area contributed by atoms with Crippen molar-refractivity contribution >= 4 is 17.0 Å². The highest BCUT2D eigenvalue weighted by Gasteiger charge is 2.38. The molecule has 2 aliphatic heterocycles. The van der Waals surface area contributed by atoms with Crippen LogP contribution in [0.4, 0.5) is 4.39 Å². The van der Waals surface area contributed by atoms with Gasteiger partial charge in [0.2, 0.25) is 0 Å². The van der Waals surface area contributed by atoms with Crippen LogP contribution in [0.1, 0.15) is 41.6 Å². The molecule has 1 N–H and O–H groups in total. The second kappa shape index (κ2) is 7.42. The topological polar surface area (TPSA) is 55.7 Å². The largest absolute Gasteiger partial charge is 0.389 e. The van der Waals surface area contributed by atoms with E-state index in [9.17, 15) is 0 Å². The van der Waals surface area contributed by atoms with Crippen molar-refractivity contribution in [1.29, 1.82) is 0 Å². The Morgan fingerprint density at radius 2 is 2.08 bits per heavy atom. The molecule has 0 saturated carbocycles. The number of rotatable bonds is 5. The highest BCUT2D eigenvalue weighted by Crippen LogP contribution is 2.38. The second-order valence-corrected chi connectivity index (χ2v) is 7.56. The molecule has 2 atom stereocenters. The van der Waals surface area contributed by atoms with Crippen LogP contribution in [0.15, 0.2) is 40.9 Å². The third-order valence-corrected chi connectivity index (χ3v) is 6.01. The molecule has 0 amide bonds. The Kier molecular flexibility index (Phi) is 5.02. The maximum atomic E-state index is 15.1. The fourth-order valence-corrected chi connectivity index (χ4v) is 4.48. The number of thiazole rings is 1. The quantitative estimate of drug-likeness (QED) is 0.868. The summed E-state index contributed by atoms with van der Waals surface area (Å²) in [7, 11) is 1.67. The van der Waals surface area contributed by atoms with Gasteiger partial charge in [0.05, 0.1) is 5.69 Å². The summed E-state index contributed by atoms with van der Waals surface area (Å²) in [5.74, 6) is 0. The minimum absolute atomic E-state index is 0.201. The summed E-state index contributed by atoms with van der Waals surface area (Å²) >= 11 is 1.37. The summed E-state index contributed by atoms with van der Waals surface area (Å²) in [4.78, 5) is 10.2. The highest BCUT2D eigenvalue weighted by molar-refractivity contribution is 7.10. The fraction of sp³-hybridized carbons (Fsp3) is 0.474. The number of oxime groups is 1. The van der Waals surface area contributed by atoms with E-state index in [0.29, 0.717) is 43.1 Å². The standard InChI is InChI=1S/C19H22FN3O2S/c1-24-17(13-5-3-2-4-6-13)16-11-14(23-25-16)15-12-26-18(22-15)19(20)7-9-21-10-8-19/h2-6,12,16-17,21H,7-11H2,1H3. The first kappa shape index (κ1) is 17.6. The normalized spacial score (nSPS) is 23.3. The van der Waals surface area contributed by atoms with Crippen molar-refractivity contribution in [2.45, 2.75) is 37.1 Å². The molecular formula is C19H22FN3O2S. The average molecular weight is 375 g/mol. The zero-order valence-corrected chi connectivity index (χ0v) is 15.5. The van der Waals surface area contributed by atoms with Crippen molar-refractivity contribution in [3.05, 3.63) is 52.0 Å². The van der Waals surface area contributed by atoms with Crippen LogP contribution in [0, 0.1) is 0 Å². The van der Waals surface area contributed by atoms with E-state index in [1.807, 2.05) is 35.7 Å². The third-order valence-electron chi connectivity index (χ3n) is 4.99. The van der Waals surface area contributed by atoms with E-state index < -0.39 is 5.67 Å². The van der Waals surface area contributed by atoms with Gasteiger partial charge in [0.1, 0.15) is 16.8 Å². The molecule has 0 aliphatic carbocycles. The van der Waals surface area contributed by atoms with Crippen molar-refractivity contribution < 1.29 is 14.0 Å². The van der Waals surface area contributed by atoms with E-state index in [4.69, 9.17) is 9.57 Å². The summed E-state index contributed by atoms with van der Waals surface area (Å²) in [6.45, 7) is 1.37. The molecule has 5 nitrogen and oxygen atoms in total. The molecule has 1 fully saturated rings. The molecule has 138 valence electrons. The second-order valence-electron chi connectivity index (χ2n) is 6.71. The number of hydrogen-bond acceptors (Lipinski definition) is 6. The average Bonchev–Trinajstić information content (AvgIpc) is 3.34. The number of alkyl halides is 1. The van der Waals surface area contributed by atoms with Crippen molar-refractivity contribution in [2.75, 3.05) is 20.2 Å². The lowest BCUT2D eigenvalue weighted by Crippen LogP contribution is -2.36. The van der Waals surface area contributed by atoms with Gasteiger partial charge < -0.3 is 14.9 Å². The first-order valence-electron chi connectivity index (χ1n) is 8.86. The van der Waals surface area contributed by atoms with Crippen LogP contribution >= 0.6 is 11.3 Å². The van der Waals surface area contributed by atoms with Gasteiger partial charge in [0.25, 0.3) is 0 Å². The molecule has 2 unspecified atom stereocenters. The Morgan fingerprint density at radius 3 is 2.81 bits per heavy atom. The number of nitrogens with zero attached hydrogens (tertiary/aromatic N) is 2. The monoisotopic (exact) mass is 375 g/mol. The maximum Gasteiger partial charge on any atom is 0.164 e. The summed E-state index contributed by atoms with van der Waals surface area (Å²) in [6, 6.07) is 9.95. The minimum atomic E-state index is -1.33. The van der Waals surface area contributed by atoms with Crippen LogP contribution in [0.25, 0.3) is 0 Å². The number of aromatic nitrogens is 1. The molecular weight excluding hydrogens is 353 g/mol. The molecule has 26 heavy (non-hydrogen) atoms. The highest BCUT2D eigenvalue weighted by atomic mass is 32.1. The van der Waals surface area contributed by atoms with Crippen molar-refractivity contribution in [2.24, 2.45) is 5.16 Å². The predicted octanol–water partition coefficient (Wildman–Crippen LogP) is 3.57. The van der Waals surface area contributed by atoms with Gasteiger partial charge in [-0.2, -0.15) is 0 Å². The lowest BCUT2D eigenvalue weighted by atomic mass is 9.95. The maximum absolute atomic E-state index is 15.1. The molecule has 0 bridgehead atoms. The van der Waals surface area contributed by atoms with E-state index in [1.54, 1.807) is 7.11 Å². The molecule has 1 saturated heterocycles. The zero-order valence-electron chi connectivity index (χ0n) is 14.7. The molecule has 1 aromatic carbocycles. The number of benzene rings is 1. The predicted molar refractivity (Wildman–Crippen MR) is 99.2 cm³/mol. The number of methoxy groups -OCH3 is 1. The molecule has 1 aromatic heterocycles. The van der Waals surface area contributed by atoms with Gasteiger partial charge >= 0.3 is 0 Å². The Morgan fingerprint density at radius 1 is 1.31 bits per heavy atom. The number of ether oxygens (including phenoxy) is 1. The number of halogens is 1. The van der Waals surface area contributed by atoms with Crippen LogP contribution in [0.5, 0.6) is 0 Å². The third kappa shape index (κ3) is 3.39.